The van der Waals surface area contributed by atoms with Crippen LogP contribution < -0.4 is 5.32 Å². The van der Waals surface area contributed by atoms with Gasteiger partial charge in [-0.05, 0) is 67.2 Å². The maximum Gasteiger partial charge on any atom is 0.264 e. The average molecular weight is 675 g/mol. The number of likely N-dealkylation sites (tertiary alicyclic amines) is 1. The van der Waals surface area contributed by atoms with Gasteiger partial charge >= 0.3 is 0 Å². The van der Waals surface area contributed by atoms with E-state index in [-0.39, 0.29) is 54.1 Å². The summed E-state index contributed by atoms with van der Waals surface area (Å²) in [6.07, 6.45) is 0.894. The zero-order valence-electron chi connectivity index (χ0n) is 25.9. The molecule has 2 N–H and O–H groups in total. The third-order valence-corrected chi connectivity index (χ3v) is 9.97. The molecule has 48 heavy (non-hydrogen) atoms. The summed E-state index contributed by atoms with van der Waals surface area (Å²) in [5.41, 5.74) is 2.62. The number of aliphatic hydroxyl groups excluding tert-OH is 1. The van der Waals surface area contributed by atoms with E-state index >= 15 is 0 Å². The van der Waals surface area contributed by atoms with Gasteiger partial charge in [0.05, 0.1) is 18.6 Å². The highest BCUT2D eigenvalue weighted by Crippen LogP contribution is 2.39. The van der Waals surface area contributed by atoms with Gasteiger partial charge in [-0.3, -0.25) is 19.8 Å². The summed E-state index contributed by atoms with van der Waals surface area (Å²) in [6.45, 7) is 2.74. The number of benzene rings is 2. The number of aromatic nitrogens is 3. The van der Waals surface area contributed by atoms with Crippen LogP contribution in [-0.4, -0.2) is 67.1 Å². The first-order valence-corrected chi connectivity index (χ1v) is 16.7. The van der Waals surface area contributed by atoms with Crippen LogP contribution in [0.5, 0.6) is 0 Å². The molecule has 2 atom stereocenters. The highest BCUT2D eigenvalue weighted by molar-refractivity contribution is 7.13. The SMILES string of the molecule is O=C(Nc1nccs1)C(c1ncn2c1C[C@@H](F)C2)N1Cc2c(cc(C#Cc3ccc(CN4CCC(CO)CC4)cc3)cc2C(F)F)C1=O. The van der Waals surface area contributed by atoms with Crippen molar-refractivity contribution in [2.75, 3.05) is 25.0 Å². The van der Waals surface area contributed by atoms with Gasteiger partial charge in [0, 0.05) is 65.6 Å². The van der Waals surface area contributed by atoms with Crippen LogP contribution in [0.2, 0.25) is 0 Å². The van der Waals surface area contributed by atoms with Crippen molar-refractivity contribution in [3.63, 3.8) is 0 Å². The Kier molecular flexibility index (Phi) is 9.04. The Bertz CT molecular complexity index is 1880. The molecule has 0 radical (unpaired) electrons. The van der Waals surface area contributed by atoms with Crippen molar-refractivity contribution in [2.45, 2.75) is 57.5 Å². The van der Waals surface area contributed by atoms with Crippen molar-refractivity contribution in [1.82, 2.24) is 24.3 Å². The van der Waals surface area contributed by atoms with E-state index in [0.717, 1.165) is 38.0 Å². The third-order valence-electron chi connectivity index (χ3n) is 9.29. The van der Waals surface area contributed by atoms with Crippen molar-refractivity contribution < 1.29 is 27.9 Å². The van der Waals surface area contributed by atoms with Crippen molar-refractivity contribution in [2.24, 2.45) is 5.92 Å². The van der Waals surface area contributed by atoms with E-state index in [0.29, 0.717) is 22.3 Å². The molecule has 2 aromatic heterocycles. The molecular formula is C35H33F3N6O3S. The number of hydrogen-bond acceptors (Lipinski definition) is 7. The number of amides is 2. The Morgan fingerprint density at radius 2 is 1.88 bits per heavy atom. The monoisotopic (exact) mass is 674 g/mol. The topological polar surface area (TPSA) is 104 Å². The van der Waals surface area contributed by atoms with Gasteiger partial charge in [0.15, 0.2) is 11.2 Å². The van der Waals surface area contributed by atoms with Gasteiger partial charge in [-0.1, -0.05) is 24.0 Å². The van der Waals surface area contributed by atoms with E-state index in [2.05, 4.69) is 32.0 Å². The number of rotatable bonds is 8. The second-order valence-corrected chi connectivity index (χ2v) is 13.3. The van der Waals surface area contributed by atoms with E-state index in [9.17, 15) is 27.9 Å². The first-order valence-electron chi connectivity index (χ1n) is 15.9. The summed E-state index contributed by atoms with van der Waals surface area (Å²) < 4.78 is 44.9. The summed E-state index contributed by atoms with van der Waals surface area (Å²) >= 11 is 1.19. The minimum atomic E-state index is -2.89. The standard InChI is InChI=1S/C35H33F3N6O3S/c36-25-15-29-30(40-20-43(29)17-25)31(33(46)41-35-39-9-12-48-35)44-18-28-26(32(37)38)13-24(14-27(28)34(44)47)6-3-21-1-4-22(5-2-21)16-42-10-7-23(19-45)8-11-42/h1-2,4-5,9,12-14,20,23,25,31-32,45H,7-8,10-11,15-19H2,(H,39,41,46)/t25-,31?/m1/s1. The molecule has 1 unspecified atom stereocenters. The maximum atomic E-state index is 14.5. The molecule has 248 valence electrons. The molecule has 3 aliphatic heterocycles. The van der Waals surface area contributed by atoms with Crippen LogP contribution in [0.15, 0.2) is 54.3 Å². The Balaban J connectivity index is 1.14. The lowest BCUT2D eigenvalue weighted by atomic mass is 9.97. The Morgan fingerprint density at radius 1 is 1.10 bits per heavy atom. The lowest BCUT2D eigenvalue weighted by Crippen LogP contribution is -2.38. The number of fused-ring (bicyclic) bond motifs is 2. The van der Waals surface area contributed by atoms with Crippen LogP contribution in [0.3, 0.4) is 0 Å². The quantitative estimate of drug-likeness (QED) is 0.252. The minimum absolute atomic E-state index is 0.0254. The number of nitrogens with one attached hydrogen (secondary N) is 1. The molecule has 0 aliphatic carbocycles. The van der Waals surface area contributed by atoms with Crippen molar-refractivity contribution in [3.8, 4) is 11.8 Å². The summed E-state index contributed by atoms with van der Waals surface area (Å²) in [5.74, 6) is 5.12. The van der Waals surface area contributed by atoms with E-state index < -0.39 is 30.5 Å². The number of carbonyl (C=O) groups is 2. The molecule has 2 aromatic carbocycles. The Morgan fingerprint density at radius 3 is 2.58 bits per heavy atom. The van der Waals surface area contributed by atoms with Crippen LogP contribution in [0.4, 0.5) is 18.3 Å². The first-order chi connectivity index (χ1) is 23.3. The Labute approximate surface area is 279 Å². The van der Waals surface area contributed by atoms with Crippen LogP contribution in [0.1, 0.15) is 74.9 Å². The predicted octanol–water partition coefficient (Wildman–Crippen LogP) is 5.11. The number of imidazole rings is 1. The highest BCUT2D eigenvalue weighted by atomic mass is 32.1. The molecule has 5 heterocycles. The van der Waals surface area contributed by atoms with Gasteiger partial charge in [-0.25, -0.2) is 23.1 Å². The van der Waals surface area contributed by atoms with Crippen molar-refractivity contribution >= 4 is 28.3 Å². The molecule has 2 amide bonds. The fourth-order valence-electron chi connectivity index (χ4n) is 6.75. The normalized spacial score (nSPS) is 18.5. The number of aliphatic hydroxyl groups is 1. The predicted molar refractivity (Wildman–Crippen MR) is 173 cm³/mol. The van der Waals surface area contributed by atoms with E-state index in [1.54, 1.807) is 9.95 Å². The van der Waals surface area contributed by atoms with Gasteiger partial charge in [0.2, 0.25) is 0 Å². The summed E-state index contributed by atoms with van der Waals surface area (Å²) in [6, 6.07) is 9.24. The van der Waals surface area contributed by atoms with Gasteiger partial charge in [-0.2, -0.15) is 0 Å². The third kappa shape index (κ3) is 6.48. The van der Waals surface area contributed by atoms with Crippen molar-refractivity contribution in [3.05, 3.63) is 99.1 Å². The maximum absolute atomic E-state index is 14.5. The first kappa shape index (κ1) is 32.1. The summed E-state index contributed by atoms with van der Waals surface area (Å²) in [4.78, 5) is 39.7. The Hall–Kier alpha value is -4.51. The number of carbonyl (C=O) groups excluding carboxylic acids is 2. The number of thiazole rings is 1. The van der Waals surface area contributed by atoms with Crippen LogP contribution in [-0.2, 0) is 30.8 Å². The fourth-order valence-corrected chi connectivity index (χ4v) is 7.28. The molecule has 7 rings (SSSR count). The average Bonchev–Trinajstić information content (AvgIpc) is 3.88. The zero-order chi connectivity index (χ0) is 33.4. The van der Waals surface area contributed by atoms with E-state index in [1.165, 1.54) is 40.9 Å². The molecule has 4 aromatic rings. The number of nitrogens with zero attached hydrogens (tertiary/aromatic N) is 5. The summed E-state index contributed by atoms with van der Waals surface area (Å²) in [5, 5.41) is 14.1. The fraction of sp³-hybridized carbons (Fsp3) is 0.371. The van der Waals surface area contributed by atoms with Crippen LogP contribution in [0, 0.1) is 17.8 Å². The lowest BCUT2D eigenvalue weighted by Gasteiger charge is -2.31. The molecule has 3 aliphatic rings. The largest absolute Gasteiger partial charge is 0.396 e. The number of halogens is 3. The molecule has 0 spiro atoms. The van der Waals surface area contributed by atoms with E-state index in [4.69, 9.17) is 0 Å². The highest BCUT2D eigenvalue weighted by Gasteiger charge is 2.43. The summed E-state index contributed by atoms with van der Waals surface area (Å²) in [7, 11) is 0. The van der Waals surface area contributed by atoms with Crippen LogP contribution in [0.25, 0.3) is 0 Å². The van der Waals surface area contributed by atoms with Gasteiger partial charge in [-0.15, -0.1) is 11.3 Å². The molecular weight excluding hydrogens is 641 g/mol. The number of alkyl halides is 3. The number of piperidine rings is 1. The minimum Gasteiger partial charge on any atom is -0.396 e. The van der Waals surface area contributed by atoms with Crippen molar-refractivity contribution in [1.29, 1.82) is 0 Å². The second kappa shape index (κ2) is 13.5. The second-order valence-electron chi connectivity index (χ2n) is 12.4. The lowest BCUT2D eigenvalue weighted by molar-refractivity contribution is -0.121. The molecule has 0 bridgehead atoms. The zero-order valence-corrected chi connectivity index (χ0v) is 26.7. The van der Waals surface area contributed by atoms with Gasteiger partial charge in [0.1, 0.15) is 6.17 Å². The van der Waals surface area contributed by atoms with Crippen LogP contribution >= 0.6 is 11.3 Å². The molecule has 1 saturated heterocycles. The molecule has 0 saturated carbocycles. The molecule has 1 fully saturated rings. The van der Waals surface area contributed by atoms with Gasteiger partial charge in [0.25, 0.3) is 18.2 Å². The molecule has 13 heteroatoms. The van der Waals surface area contributed by atoms with E-state index in [1.807, 2.05) is 24.3 Å². The molecule has 9 nitrogen and oxygen atoms in total. The number of hydrogen-bond donors (Lipinski definition) is 2. The smallest absolute Gasteiger partial charge is 0.264 e. The van der Waals surface area contributed by atoms with Gasteiger partial charge < -0.3 is 14.6 Å². The number of anilines is 1.